The zero-order valence-corrected chi connectivity index (χ0v) is 16.7. The van der Waals surface area contributed by atoms with Crippen LogP contribution in [0.2, 0.25) is 4.34 Å². The van der Waals surface area contributed by atoms with E-state index in [1.807, 2.05) is 22.2 Å². The van der Waals surface area contributed by atoms with E-state index in [0.717, 1.165) is 22.0 Å². The molecule has 0 saturated carbocycles. The first kappa shape index (κ1) is 17.9. The standard InChI is InChI=1S/C15H15ClN4O3S3/c16-12-1-2-14(25-12)26(22,23)20-5-3-18(4-6-20)13(21)9-11-10-19-7-8-24-15(19)17-11/h1-2,7-8,10H,3-6,9H2. The number of hydrogen-bond donors (Lipinski definition) is 0. The van der Waals surface area contributed by atoms with Gasteiger partial charge in [0.2, 0.25) is 5.91 Å². The van der Waals surface area contributed by atoms with E-state index in [4.69, 9.17) is 11.6 Å². The third kappa shape index (κ3) is 3.39. The fraction of sp³-hybridized carbons (Fsp3) is 0.333. The predicted molar refractivity (Wildman–Crippen MR) is 101 cm³/mol. The molecule has 0 aromatic carbocycles. The smallest absolute Gasteiger partial charge is 0.252 e. The van der Waals surface area contributed by atoms with Crippen LogP contribution < -0.4 is 0 Å². The van der Waals surface area contributed by atoms with E-state index in [0.29, 0.717) is 17.4 Å². The summed E-state index contributed by atoms with van der Waals surface area (Å²) in [6, 6.07) is 3.10. The number of nitrogens with zero attached hydrogens (tertiary/aromatic N) is 4. The molecular formula is C15H15ClN4O3S3. The number of carbonyl (C=O) groups is 1. The summed E-state index contributed by atoms with van der Waals surface area (Å²) < 4.78 is 29.2. The van der Waals surface area contributed by atoms with Crippen molar-refractivity contribution in [2.75, 3.05) is 26.2 Å². The van der Waals surface area contributed by atoms with Gasteiger partial charge in [0.15, 0.2) is 4.96 Å². The van der Waals surface area contributed by atoms with Crippen molar-refractivity contribution in [3.63, 3.8) is 0 Å². The molecule has 7 nitrogen and oxygen atoms in total. The van der Waals surface area contributed by atoms with Crippen molar-refractivity contribution in [1.29, 1.82) is 0 Å². The first-order valence-electron chi connectivity index (χ1n) is 7.88. The molecule has 3 aromatic rings. The third-order valence-corrected chi connectivity index (χ3v) is 8.58. The molecule has 1 aliphatic heterocycles. The van der Waals surface area contributed by atoms with Crippen LogP contribution in [0.25, 0.3) is 4.96 Å². The van der Waals surface area contributed by atoms with Gasteiger partial charge >= 0.3 is 0 Å². The summed E-state index contributed by atoms with van der Waals surface area (Å²) in [5.41, 5.74) is 0.727. The molecule has 0 N–H and O–H groups in total. The van der Waals surface area contributed by atoms with E-state index in [1.165, 1.54) is 21.7 Å². The average molecular weight is 431 g/mol. The molecule has 3 aromatic heterocycles. The van der Waals surface area contributed by atoms with Crippen molar-refractivity contribution in [3.05, 3.63) is 39.9 Å². The molecule has 138 valence electrons. The maximum Gasteiger partial charge on any atom is 0.252 e. The average Bonchev–Trinajstić information content (AvgIpc) is 3.31. The van der Waals surface area contributed by atoms with Gasteiger partial charge in [-0.25, -0.2) is 13.4 Å². The quantitative estimate of drug-likeness (QED) is 0.635. The molecule has 1 amide bonds. The summed E-state index contributed by atoms with van der Waals surface area (Å²) in [7, 11) is -3.54. The fourth-order valence-corrected chi connectivity index (χ4v) is 6.65. The van der Waals surface area contributed by atoms with E-state index < -0.39 is 10.0 Å². The minimum Gasteiger partial charge on any atom is -0.340 e. The van der Waals surface area contributed by atoms with Gasteiger partial charge in [0.1, 0.15) is 4.21 Å². The zero-order chi connectivity index (χ0) is 18.3. The van der Waals surface area contributed by atoms with Crippen LogP contribution in [0.3, 0.4) is 0 Å². The van der Waals surface area contributed by atoms with Crippen LogP contribution in [-0.2, 0) is 21.2 Å². The Labute approximate surface area is 163 Å². The Balaban J connectivity index is 1.38. The van der Waals surface area contributed by atoms with Crippen molar-refractivity contribution in [3.8, 4) is 0 Å². The van der Waals surface area contributed by atoms with Crippen LogP contribution in [0.1, 0.15) is 5.69 Å². The second-order valence-electron chi connectivity index (χ2n) is 5.85. The van der Waals surface area contributed by atoms with E-state index in [2.05, 4.69) is 4.98 Å². The van der Waals surface area contributed by atoms with Crippen LogP contribution >= 0.6 is 34.3 Å². The van der Waals surface area contributed by atoms with Crippen LogP contribution in [-0.4, -0.2) is 59.1 Å². The molecule has 11 heteroatoms. The Bertz CT molecular complexity index is 1020. The van der Waals surface area contributed by atoms with Crippen LogP contribution in [0, 0.1) is 0 Å². The molecule has 0 bridgehead atoms. The number of imidazole rings is 1. The minimum atomic E-state index is -3.54. The highest BCUT2D eigenvalue weighted by atomic mass is 35.5. The van der Waals surface area contributed by atoms with E-state index in [-0.39, 0.29) is 29.6 Å². The van der Waals surface area contributed by atoms with Crippen molar-refractivity contribution in [2.45, 2.75) is 10.6 Å². The first-order valence-corrected chi connectivity index (χ1v) is 11.4. The lowest BCUT2D eigenvalue weighted by Crippen LogP contribution is -2.50. The van der Waals surface area contributed by atoms with Gasteiger partial charge in [0.25, 0.3) is 10.0 Å². The molecule has 0 aliphatic carbocycles. The van der Waals surface area contributed by atoms with Gasteiger partial charge < -0.3 is 4.90 Å². The van der Waals surface area contributed by atoms with Crippen LogP contribution in [0.5, 0.6) is 0 Å². The Morgan fingerprint density at radius 3 is 2.65 bits per heavy atom. The van der Waals surface area contributed by atoms with Gasteiger partial charge in [0, 0.05) is 44.0 Å². The second kappa shape index (κ2) is 6.93. The Kier molecular flexibility index (Phi) is 4.78. The SMILES string of the molecule is O=C(Cc1cn2ccsc2n1)N1CCN(S(=O)(=O)c2ccc(Cl)s2)CC1. The van der Waals surface area contributed by atoms with E-state index >= 15 is 0 Å². The molecule has 1 saturated heterocycles. The number of rotatable bonds is 4. The number of piperazine rings is 1. The highest BCUT2D eigenvalue weighted by Crippen LogP contribution is 2.28. The van der Waals surface area contributed by atoms with Gasteiger partial charge in [0.05, 0.1) is 16.5 Å². The molecule has 1 aliphatic rings. The molecule has 0 unspecified atom stereocenters. The number of sulfonamides is 1. The molecule has 26 heavy (non-hydrogen) atoms. The molecule has 4 rings (SSSR count). The summed E-state index contributed by atoms with van der Waals surface area (Å²) in [5, 5.41) is 1.94. The Morgan fingerprint density at radius 2 is 2.00 bits per heavy atom. The Morgan fingerprint density at radius 1 is 1.23 bits per heavy atom. The number of thiazole rings is 1. The highest BCUT2D eigenvalue weighted by molar-refractivity contribution is 7.91. The van der Waals surface area contributed by atoms with Crippen molar-refractivity contribution >= 4 is 55.2 Å². The lowest BCUT2D eigenvalue weighted by molar-refractivity contribution is -0.131. The zero-order valence-electron chi connectivity index (χ0n) is 13.5. The molecular weight excluding hydrogens is 416 g/mol. The lowest BCUT2D eigenvalue weighted by Gasteiger charge is -2.33. The van der Waals surface area contributed by atoms with Crippen LogP contribution in [0.4, 0.5) is 0 Å². The van der Waals surface area contributed by atoms with Crippen molar-refractivity contribution in [1.82, 2.24) is 18.6 Å². The summed E-state index contributed by atoms with van der Waals surface area (Å²) in [6.45, 7) is 1.31. The number of carbonyl (C=O) groups excluding carboxylic acids is 1. The van der Waals surface area contributed by atoms with Crippen molar-refractivity contribution < 1.29 is 13.2 Å². The first-order chi connectivity index (χ1) is 12.4. The fourth-order valence-electron chi connectivity index (χ4n) is 2.87. The third-order valence-electron chi connectivity index (χ3n) is 4.21. The van der Waals surface area contributed by atoms with Gasteiger partial charge in [-0.2, -0.15) is 4.31 Å². The highest BCUT2D eigenvalue weighted by Gasteiger charge is 2.31. The molecule has 4 heterocycles. The summed E-state index contributed by atoms with van der Waals surface area (Å²) in [4.78, 5) is 19.5. The van der Waals surface area contributed by atoms with Gasteiger partial charge in [-0.05, 0) is 12.1 Å². The number of fused-ring (bicyclic) bond motifs is 1. The molecule has 1 fully saturated rings. The van der Waals surface area contributed by atoms with Gasteiger partial charge in [-0.1, -0.05) is 11.6 Å². The monoisotopic (exact) mass is 430 g/mol. The van der Waals surface area contributed by atoms with Gasteiger partial charge in [-0.15, -0.1) is 22.7 Å². The number of hydrogen-bond acceptors (Lipinski definition) is 6. The summed E-state index contributed by atoms with van der Waals surface area (Å²) >= 11 is 8.41. The minimum absolute atomic E-state index is 0.0352. The number of halogens is 1. The predicted octanol–water partition coefficient (Wildman–Crippen LogP) is 2.19. The summed E-state index contributed by atoms with van der Waals surface area (Å²) in [6.07, 6.45) is 3.98. The molecule has 0 spiro atoms. The normalized spacial score (nSPS) is 16.4. The number of aromatic nitrogens is 2. The largest absolute Gasteiger partial charge is 0.340 e. The van der Waals surface area contributed by atoms with Gasteiger partial charge in [-0.3, -0.25) is 9.20 Å². The maximum absolute atomic E-state index is 12.6. The van der Waals surface area contributed by atoms with E-state index in [9.17, 15) is 13.2 Å². The number of thiophene rings is 1. The lowest BCUT2D eigenvalue weighted by atomic mass is 10.2. The van der Waals surface area contributed by atoms with E-state index in [1.54, 1.807) is 11.0 Å². The topological polar surface area (TPSA) is 75.0 Å². The number of amides is 1. The molecule has 0 radical (unpaired) electrons. The summed E-state index contributed by atoms with van der Waals surface area (Å²) in [5.74, 6) is -0.0352. The maximum atomic E-state index is 12.6. The second-order valence-corrected chi connectivity index (χ2v) is 10.6. The Hall–Kier alpha value is -1.46. The molecule has 0 atom stereocenters. The van der Waals surface area contributed by atoms with Crippen molar-refractivity contribution in [2.24, 2.45) is 0 Å². The van der Waals surface area contributed by atoms with Crippen LogP contribution in [0.15, 0.2) is 34.1 Å².